The van der Waals surface area contributed by atoms with E-state index in [1.807, 2.05) is 26.0 Å². The first-order chi connectivity index (χ1) is 9.17. The number of aromatic nitrogens is 1. The van der Waals surface area contributed by atoms with E-state index in [0.29, 0.717) is 5.00 Å². The molecule has 0 atom stereocenters. The second kappa shape index (κ2) is 6.70. The van der Waals surface area contributed by atoms with E-state index in [1.54, 1.807) is 0 Å². The van der Waals surface area contributed by atoms with Gasteiger partial charge in [-0.25, -0.2) is 12.7 Å². The predicted octanol–water partition coefficient (Wildman–Crippen LogP) is 0.364. The van der Waals surface area contributed by atoms with Gasteiger partial charge in [0.25, 0.3) is 0 Å². The Morgan fingerprint density at radius 3 is 2.25 bits per heavy atom. The number of nitrogens with zero attached hydrogens (tertiary/aromatic N) is 4. The van der Waals surface area contributed by atoms with Gasteiger partial charge in [-0.1, -0.05) is 0 Å². The summed E-state index contributed by atoms with van der Waals surface area (Å²) in [5.41, 5.74) is 5.74. The molecule has 20 heavy (non-hydrogen) atoms. The van der Waals surface area contributed by atoms with Crippen molar-refractivity contribution in [2.75, 3.05) is 59.0 Å². The molecule has 1 heterocycles. The van der Waals surface area contributed by atoms with Gasteiger partial charge in [-0.05, 0) is 38.6 Å². The summed E-state index contributed by atoms with van der Waals surface area (Å²) in [6.07, 6.45) is 0.933. The van der Waals surface area contributed by atoms with E-state index in [4.69, 9.17) is 5.73 Å². The van der Waals surface area contributed by atoms with E-state index in [0.717, 1.165) is 35.3 Å². The van der Waals surface area contributed by atoms with Crippen LogP contribution in [0.4, 0.5) is 10.8 Å². The molecular weight excluding hydrogens is 298 g/mol. The monoisotopic (exact) mass is 321 g/mol. The summed E-state index contributed by atoms with van der Waals surface area (Å²) in [7, 11) is 5.27. The topological polar surface area (TPSA) is 82.8 Å². The fourth-order valence-corrected chi connectivity index (χ4v) is 3.91. The molecule has 0 saturated heterocycles. The Kier molecular flexibility index (Phi) is 5.75. The zero-order valence-corrected chi connectivity index (χ0v) is 14.3. The predicted molar refractivity (Wildman–Crippen MR) is 83.8 cm³/mol. The first-order valence-electron chi connectivity index (χ1n) is 6.21. The number of nitrogens with two attached hydrogens (primary N) is 1. The highest BCUT2D eigenvalue weighted by Gasteiger charge is 2.29. The van der Waals surface area contributed by atoms with Crippen molar-refractivity contribution in [1.29, 1.82) is 0 Å². The highest BCUT2D eigenvalue weighted by atomic mass is 32.2. The first-order valence-corrected chi connectivity index (χ1v) is 8.42. The lowest BCUT2D eigenvalue weighted by molar-refractivity contribution is 0.401. The van der Waals surface area contributed by atoms with Gasteiger partial charge in [-0.15, -0.1) is 0 Å². The molecule has 1 aromatic heterocycles. The van der Waals surface area contributed by atoms with Crippen molar-refractivity contribution in [2.24, 2.45) is 0 Å². The Balaban J connectivity index is 2.98. The zero-order valence-electron chi connectivity index (χ0n) is 12.6. The second-order valence-electron chi connectivity index (χ2n) is 5.07. The van der Waals surface area contributed by atoms with Crippen LogP contribution in [0.15, 0.2) is 4.90 Å². The number of rotatable bonds is 7. The maximum atomic E-state index is 12.3. The summed E-state index contributed by atoms with van der Waals surface area (Å²) in [6.45, 7) is 1.68. The second-order valence-corrected chi connectivity index (χ2v) is 7.91. The Labute approximate surface area is 125 Å². The molecule has 7 nitrogen and oxygen atoms in total. The van der Waals surface area contributed by atoms with Gasteiger partial charge in [-0.2, -0.15) is 4.37 Å². The van der Waals surface area contributed by atoms with Gasteiger partial charge in [0.1, 0.15) is 5.00 Å². The van der Waals surface area contributed by atoms with Crippen molar-refractivity contribution in [3.8, 4) is 0 Å². The number of hydrogen-bond acceptors (Lipinski definition) is 7. The summed E-state index contributed by atoms with van der Waals surface area (Å²) >= 11 is 1.12. The standard InChI is InChI=1S/C11H23N5O2S2/c1-14(2)7-6-8-16(5)11-9(10(12)13-19-11)20(17,18)15(3)4/h6-8H2,1-5H3,(H2,12,13). The minimum atomic E-state index is -3.58. The third kappa shape index (κ3) is 3.81. The van der Waals surface area contributed by atoms with E-state index in [1.165, 1.54) is 14.1 Å². The van der Waals surface area contributed by atoms with Gasteiger partial charge in [0, 0.05) is 27.7 Å². The van der Waals surface area contributed by atoms with Crippen molar-refractivity contribution < 1.29 is 8.42 Å². The molecule has 0 radical (unpaired) electrons. The van der Waals surface area contributed by atoms with E-state index >= 15 is 0 Å². The first kappa shape index (κ1) is 17.2. The molecule has 0 aromatic carbocycles. The van der Waals surface area contributed by atoms with E-state index in [-0.39, 0.29) is 10.7 Å². The third-order valence-electron chi connectivity index (χ3n) is 2.84. The summed E-state index contributed by atoms with van der Waals surface area (Å²) < 4.78 is 29.7. The highest BCUT2D eigenvalue weighted by molar-refractivity contribution is 7.89. The molecule has 0 saturated carbocycles. The molecule has 116 valence electrons. The van der Waals surface area contributed by atoms with Crippen LogP contribution >= 0.6 is 11.5 Å². The molecule has 0 unspecified atom stereocenters. The van der Waals surface area contributed by atoms with Gasteiger partial charge < -0.3 is 15.5 Å². The number of hydrogen-bond donors (Lipinski definition) is 1. The average Bonchev–Trinajstić information content (AvgIpc) is 2.70. The van der Waals surface area contributed by atoms with Crippen LogP contribution in [-0.2, 0) is 10.0 Å². The van der Waals surface area contributed by atoms with Gasteiger partial charge in [0.05, 0.1) is 0 Å². The van der Waals surface area contributed by atoms with Crippen molar-refractivity contribution in [2.45, 2.75) is 11.3 Å². The van der Waals surface area contributed by atoms with Crippen molar-refractivity contribution in [1.82, 2.24) is 13.6 Å². The van der Waals surface area contributed by atoms with Gasteiger partial charge in [0.2, 0.25) is 10.0 Å². The summed E-state index contributed by atoms with van der Waals surface area (Å²) in [5, 5.41) is 0.593. The van der Waals surface area contributed by atoms with Gasteiger partial charge in [0.15, 0.2) is 10.7 Å². The summed E-state index contributed by atoms with van der Waals surface area (Å²) in [6, 6.07) is 0. The molecule has 0 aliphatic carbocycles. The third-order valence-corrected chi connectivity index (χ3v) is 5.83. The smallest absolute Gasteiger partial charge is 0.249 e. The van der Waals surface area contributed by atoms with Crippen molar-refractivity contribution in [3.63, 3.8) is 0 Å². The number of sulfonamides is 1. The minimum Gasteiger partial charge on any atom is -0.382 e. The maximum Gasteiger partial charge on any atom is 0.249 e. The summed E-state index contributed by atoms with van der Waals surface area (Å²) in [4.78, 5) is 4.10. The van der Waals surface area contributed by atoms with Crippen molar-refractivity contribution in [3.05, 3.63) is 0 Å². The van der Waals surface area contributed by atoms with E-state index in [9.17, 15) is 8.42 Å². The number of nitrogen functional groups attached to an aromatic ring is 1. The Hall–Kier alpha value is -0.900. The molecule has 0 aliphatic heterocycles. The van der Waals surface area contributed by atoms with Crippen LogP contribution < -0.4 is 10.6 Å². The molecule has 0 fully saturated rings. The van der Waals surface area contributed by atoms with Crippen LogP contribution in [0.2, 0.25) is 0 Å². The lowest BCUT2D eigenvalue weighted by atomic mass is 10.4. The van der Waals surface area contributed by atoms with Crippen LogP contribution in [0.5, 0.6) is 0 Å². The normalized spacial score (nSPS) is 12.3. The van der Waals surface area contributed by atoms with E-state index < -0.39 is 10.0 Å². The average molecular weight is 321 g/mol. The minimum absolute atomic E-state index is 0.0677. The Bertz CT molecular complexity index is 539. The molecule has 9 heteroatoms. The maximum absolute atomic E-state index is 12.3. The molecule has 1 rings (SSSR count). The quantitative estimate of drug-likeness (QED) is 0.781. The lowest BCUT2D eigenvalue weighted by Crippen LogP contribution is -2.27. The van der Waals surface area contributed by atoms with Crippen molar-refractivity contribution >= 4 is 32.4 Å². The van der Waals surface area contributed by atoms with Crippen LogP contribution in [0, 0.1) is 0 Å². The Morgan fingerprint density at radius 1 is 1.15 bits per heavy atom. The molecular formula is C11H23N5O2S2. The van der Waals surface area contributed by atoms with E-state index in [2.05, 4.69) is 9.27 Å². The molecule has 2 N–H and O–H groups in total. The van der Waals surface area contributed by atoms with Gasteiger partial charge >= 0.3 is 0 Å². The van der Waals surface area contributed by atoms with Crippen LogP contribution in [0.25, 0.3) is 0 Å². The molecule has 0 aliphatic rings. The highest BCUT2D eigenvalue weighted by Crippen LogP contribution is 2.35. The summed E-state index contributed by atoms with van der Waals surface area (Å²) in [5.74, 6) is 0.0677. The zero-order chi connectivity index (χ0) is 15.5. The lowest BCUT2D eigenvalue weighted by Gasteiger charge is -2.21. The SMILES string of the molecule is CN(C)CCCN(C)c1snc(N)c1S(=O)(=O)N(C)C. The van der Waals surface area contributed by atoms with Crippen LogP contribution in [0.3, 0.4) is 0 Å². The van der Waals surface area contributed by atoms with Gasteiger partial charge in [-0.3, -0.25) is 0 Å². The molecule has 0 bridgehead atoms. The molecule has 0 spiro atoms. The molecule has 1 aromatic rings. The largest absolute Gasteiger partial charge is 0.382 e. The van der Waals surface area contributed by atoms with Crippen LogP contribution in [0.1, 0.15) is 6.42 Å². The Morgan fingerprint density at radius 2 is 1.75 bits per heavy atom. The van der Waals surface area contributed by atoms with Crippen LogP contribution in [-0.4, -0.2) is 70.3 Å². The fraction of sp³-hybridized carbons (Fsp3) is 0.727. The molecule has 0 amide bonds. The number of anilines is 2. The fourth-order valence-electron chi connectivity index (χ4n) is 1.68.